The summed E-state index contributed by atoms with van der Waals surface area (Å²) in [6, 6.07) is 5.88. The summed E-state index contributed by atoms with van der Waals surface area (Å²) < 4.78 is 1.78. The largest absolute Gasteiger partial charge is 0.384 e. The van der Waals surface area contributed by atoms with E-state index < -0.39 is 0 Å². The van der Waals surface area contributed by atoms with Crippen LogP contribution in [-0.4, -0.2) is 28.4 Å². The molecule has 0 aliphatic carbocycles. The van der Waals surface area contributed by atoms with Crippen molar-refractivity contribution in [3.8, 4) is 5.69 Å². The van der Waals surface area contributed by atoms with Crippen molar-refractivity contribution in [1.82, 2.24) is 14.8 Å². The fraction of sp³-hybridized carbons (Fsp3) is 0.467. The van der Waals surface area contributed by atoms with E-state index in [0.29, 0.717) is 11.7 Å². The van der Waals surface area contributed by atoms with Gasteiger partial charge >= 0.3 is 0 Å². The van der Waals surface area contributed by atoms with Gasteiger partial charge in [0.25, 0.3) is 0 Å². The molecule has 0 amide bonds. The molecule has 0 radical (unpaired) electrons. The summed E-state index contributed by atoms with van der Waals surface area (Å²) in [4.78, 5) is 6.53. The number of nitrogen functional groups attached to an aromatic ring is 1. The number of nitrogens with two attached hydrogens (primary N) is 1. The summed E-state index contributed by atoms with van der Waals surface area (Å²) in [6.45, 7) is 7.35. The molecule has 0 saturated heterocycles. The van der Waals surface area contributed by atoms with E-state index in [0.717, 1.165) is 30.2 Å². The van der Waals surface area contributed by atoms with Crippen LogP contribution in [0.1, 0.15) is 38.8 Å². The highest BCUT2D eigenvalue weighted by Gasteiger charge is 2.11. The van der Waals surface area contributed by atoms with E-state index >= 15 is 0 Å². The lowest BCUT2D eigenvalue weighted by molar-refractivity contribution is 0.769. The fourth-order valence-electron chi connectivity index (χ4n) is 2.10. The zero-order chi connectivity index (χ0) is 14.7. The molecule has 2 rings (SSSR count). The highest BCUT2D eigenvalue weighted by molar-refractivity contribution is 5.50. The lowest BCUT2D eigenvalue weighted by atomic mass is 10.1. The zero-order valence-corrected chi connectivity index (χ0v) is 12.7. The van der Waals surface area contributed by atoms with Crippen molar-refractivity contribution in [2.45, 2.75) is 33.1 Å². The molecular weight excluding hydrogens is 250 g/mol. The number of aromatic nitrogens is 3. The van der Waals surface area contributed by atoms with Crippen LogP contribution in [0.2, 0.25) is 0 Å². The molecule has 0 bridgehead atoms. The topological polar surface area (TPSA) is 60.0 Å². The summed E-state index contributed by atoms with van der Waals surface area (Å²) in [5.41, 5.74) is 8.01. The third-order valence-corrected chi connectivity index (χ3v) is 3.27. The summed E-state index contributed by atoms with van der Waals surface area (Å²) in [5.74, 6) is 1.96. The molecule has 0 atom stereocenters. The number of hydrogen-bond donors (Lipinski definition) is 1. The number of anilines is 2. The first-order valence-corrected chi connectivity index (χ1v) is 7.06. The van der Waals surface area contributed by atoms with Crippen molar-refractivity contribution < 1.29 is 0 Å². The highest BCUT2D eigenvalue weighted by atomic mass is 15.3. The predicted octanol–water partition coefficient (Wildman–Crippen LogP) is 2.82. The second-order valence-electron chi connectivity index (χ2n) is 5.35. The quantitative estimate of drug-likeness (QED) is 0.910. The van der Waals surface area contributed by atoms with Crippen LogP contribution in [0, 0.1) is 0 Å². The number of pyridine rings is 1. The van der Waals surface area contributed by atoms with Crippen molar-refractivity contribution >= 4 is 11.6 Å². The molecule has 108 valence electrons. The van der Waals surface area contributed by atoms with Crippen LogP contribution in [0.15, 0.2) is 24.4 Å². The van der Waals surface area contributed by atoms with E-state index in [4.69, 9.17) is 5.73 Å². The van der Waals surface area contributed by atoms with Crippen molar-refractivity contribution in [2.75, 3.05) is 24.2 Å². The van der Waals surface area contributed by atoms with Gasteiger partial charge in [0.05, 0.1) is 11.4 Å². The first kappa shape index (κ1) is 14.4. The van der Waals surface area contributed by atoms with Crippen LogP contribution < -0.4 is 10.6 Å². The maximum Gasteiger partial charge on any atom is 0.130 e. The second-order valence-corrected chi connectivity index (χ2v) is 5.35. The van der Waals surface area contributed by atoms with E-state index in [1.165, 1.54) is 0 Å². The van der Waals surface area contributed by atoms with Gasteiger partial charge in [-0.25, -0.2) is 9.67 Å². The summed E-state index contributed by atoms with van der Waals surface area (Å²) in [5, 5.41) is 4.57. The normalized spacial score (nSPS) is 11.1. The lowest BCUT2D eigenvalue weighted by Gasteiger charge is -2.17. The minimum Gasteiger partial charge on any atom is -0.384 e. The van der Waals surface area contributed by atoms with Crippen LogP contribution in [0.3, 0.4) is 0 Å². The van der Waals surface area contributed by atoms with Gasteiger partial charge in [0, 0.05) is 31.9 Å². The molecule has 0 aliphatic rings. The monoisotopic (exact) mass is 273 g/mol. The minimum atomic E-state index is 0.364. The molecule has 5 nitrogen and oxygen atoms in total. The molecule has 2 aromatic heterocycles. The first-order valence-electron chi connectivity index (χ1n) is 7.06. The van der Waals surface area contributed by atoms with Crippen LogP contribution in [-0.2, 0) is 0 Å². The van der Waals surface area contributed by atoms with Gasteiger partial charge in [-0.3, -0.25) is 0 Å². The van der Waals surface area contributed by atoms with Gasteiger partial charge in [-0.1, -0.05) is 20.8 Å². The van der Waals surface area contributed by atoms with Crippen LogP contribution in [0.25, 0.3) is 5.69 Å². The van der Waals surface area contributed by atoms with Crippen molar-refractivity contribution in [3.05, 3.63) is 30.1 Å². The van der Waals surface area contributed by atoms with Crippen molar-refractivity contribution in [2.24, 2.45) is 0 Å². The molecule has 0 fully saturated rings. The van der Waals surface area contributed by atoms with Crippen LogP contribution >= 0.6 is 0 Å². The third-order valence-electron chi connectivity index (χ3n) is 3.27. The SMILES string of the molecule is CCCN(C)c1cc(-n2nc(C(C)C)cc2N)ccn1. The van der Waals surface area contributed by atoms with Gasteiger partial charge in [-0.2, -0.15) is 5.10 Å². The Labute approximate surface area is 120 Å². The second kappa shape index (κ2) is 5.94. The fourth-order valence-corrected chi connectivity index (χ4v) is 2.10. The minimum absolute atomic E-state index is 0.364. The van der Waals surface area contributed by atoms with Crippen LogP contribution in [0.4, 0.5) is 11.6 Å². The van der Waals surface area contributed by atoms with Crippen molar-refractivity contribution in [3.63, 3.8) is 0 Å². The number of rotatable bonds is 5. The third kappa shape index (κ3) is 2.92. The Morgan fingerprint density at radius 2 is 2.10 bits per heavy atom. The summed E-state index contributed by atoms with van der Waals surface area (Å²) in [6.07, 6.45) is 2.89. The standard InChI is InChI=1S/C15H23N5/c1-5-8-19(4)15-9-12(6-7-17-15)20-14(16)10-13(18-20)11(2)3/h6-7,9-11H,5,8,16H2,1-4H3. The Morgan fingerprint density at radius 1 is 1.35 bits per heavy atom. The maximum atomic E-state index is 6.06. The van der Waals surface area contributed by atoms with E-state index in [-0.39, 0.29) is 0 Å². The summed E-state index contributed by atoms with van der Waals surface area (Å²) >= 11 is 0. The van der Waals surface area contributed by atoms with Gasteiger partial charge in [0.1, 0.15) is 11.6 Å². The Hall–Kier alpha value is -2.04. The average molecular weight is 273 g/mol. The molecule has 0 saturated carbocycles. The molecule has 5 heteroatoms. The molecular formula is C15H23N5. The predicted molar refractivity (Wildman–Crippen MR) is 83.4 cm³/mol. The Kier molecular flexibility index (Phi) is 4.27. The van der Waals surface area contributed by atoms with Crippen molar-refractivity contribution in [1.29, 1.82) is 0 Å². The molecule has 0 aliphatic heterocycles. The Bertz CT molecular complexity index is 573. The lowest BCUT2D eigenvalue weighted by Crippen LogP contribution is -2.19. The van der Waals surface area contributed by atoms with E-state index in [2.05, 4.69) is 35.8 Å². The van der Waals surface area contributed by atoms with Gasteiger partial charge in [-0.15, -0.1) is 0 Å². The first-order chi connectivity index (χ1) is 9.52. The van der Waals surface area contributed by atoms with E-state index in [1.807, 2.05) is 25.2 Å². The Morgan fingerprint density at radius 3 is 2.70 bits per heavy atom. The molecule has 0 aromatic carbocycles. The van der Waals surface area contributed by atoms with E-state index in [9.17, 15) is 0 Å². The molecule has 0 spiro atoms. The van der Waals surface area contributed by atoms with Gasteiger partial charge in [-0.05, 0) is 18.4 Å². The smallest absolute Gasteiger partial charge is 0.130 e. The molecule has 2 N–H and O–H groups in total. The van der Waals surface area contributed by atoms with Gasteiger partial charge < -0.3 is 10.6 Å². The zero-order valence-electron chi connectivity index (χ0n) is 12.7. The number of hydrogen-bond acceptors (Lipinski definition) is 4. The highest BCUT2D eigenvalue weighted by Crippen LogP contribution is 2.21. The molecule has 2 aromatic rings. The summed E-state index contributed by atoms with van der Waals surface area (Å²) in [7, 11) is 2.04. The van der Waals surface area contributed by atoms with Gasteiger partial charge in [0.15, 0.2) is 0 Å². The number of nitrogens with zero attached hydrogens (tertiary/aromatic N) is 4. The molecule has 20 heavy (non-hydrogen) atoms. The molecule has 0 unspecified atom stereocenters. The molecule has 2 heterocycles. The van der Waals surface area contributed by atoms with Gasteiger partial charge in [0.2, 0.25) is 0 Å². The van der Waals surface area contributed by atoms with Crippen LogP contribution in [0.5, 0.6) is 0 Å². The van der Waals surface area contributed by atoms with E-state index in [1.54, 1.807) is 10.9 Å². The average Bonchev–Trinajstić information content (AvgIpc) is 2.81. The maximum absolute atomic E-state index is 6.06. The Balaban J connectivity index is 2.35.